The van der Waals surface area contributed by atoms with Crippen LogP contribution in [0.3, 0.4) is 0 Å². The summed E-state index contributed by atoms with van der Waals surface area (Å²) in [6, 6.07) is 18.2. The maximum absolute atomic E-state index is 5.46. The van der Waals surface area contributed by atoms with Gasteiger partial charge in [-0.2, -0.15) is 5.10 Å². The summed E-state index contributed by atoms with van der Waals surface area (Å²) in [4.78, 5) is 2.22. The highest BCUT2D eigenvalue weighted by Gasteiger charge is 2.20. The molecule has 0 saturated carbocycles. The standard InChI is InChI=1S/C24H26N6O2S/c1-28-23(29-12-14-32-15-13-29)25-26-24(28)33-17-19-16-30(20-6-4-3-5-7-20)27-22(19)18-8-10-21(31-2)11-9-18/h3-11,16H,12-15,17H2,1-2H3. The van der Waals surface area contributed by atoms with Crippen molar-refractivity contribution in [1.29, 1.82) is 0 Å². The van der Waals surface area contributed by atoms with Crippen molar-refractivity contribution in [3.8, 4) is 22.7 Å². The number of para-hydroxylation sites is 1. The number of hydrogen-bond donors (Lipinski definition) is 0. The van der Waals surface area contributed by atoms with Crippen molar-refractivity contribution in [2.45, 2.75) is 10.9 Å². The van der Waals surface area contributed by atoms with Crippen molar-refractivity contribution >= 4 is 17.7 Å². The molecule has 9 heteroatoms. The number of anilines is 1. The molecule has 1 saturated heterocycles. The van der Waals surface area contributed by atoms with Gasteiger partial charge in [0.05, 0.1) is 31.7 Å². The van der Waals surface area contributed by atoms with E-state index in [1.165, 1.54) is 0 Å². The zero-order valence-corrected chi connectivity index (χ0v) is 19.5. The number of benzene rings is 2. The van der Waals surface area contributed by atoms with Gasteiger partial charge in [0.15, 0.2) is 5.16 Å². The van der Waals surface area contributed by atoms with Gasteiger partial charge < -0.3 is 14.4 Å². The van der Waals surface area contributed by atoms with Gasteiger partial charge in [-0.3, -0.25) is 4.57 Å². The molecule has 0 atom stereocenters. The lowest BCUT2D eigenvalue weighted by Gasteiger charge is -2.27. The van der Waals surface area contributed by atoms with Crippen LogP contribution in [0.25, 0.3) is 16.9 Å². The van der Waals surface area contributed by atoms with Gasteiger partial charge in [-0.05, 0) is 36.4 Å². The molecule has 0 spiro atoms. The molecule has 8 nitrogen and oxygen atoms in total. The number of aromatic nitrogens is 5. The number of rotatable bonds is 7. The van der Waals surface area contributed by atoms with Gasteiger partial charge in [-0.25, -0.2) is 4.68 Å². The topological polar surface area (TPSA) is 70.2 Å². The molecule has 1 aliphatic rings. The second-order valence-electron chi connectivity index (χ2n) is 7.74. The number of nitrogens with zero attached hydrogens (tertiary/aromatic N) is 6. The molecule has 4 aromatic rings. The van der Waals surface area contributed by atoms with Gasteiger partial charge in [0.25, 0.3) is 0 Å². The minimum absolute atomic E-state index is 0.721. The Morgan fingerprint density at radius 1 is 1.00 bits per heavy atom. The van der Waals surface area contributed by atoms with E-state index >= 15 is 0 Å². The lowest BCUT2D eigenvalue weighted by molar-refractivity contribution is 0.121. The Kier molecular flexibility index (Phi) is 6.32. The molecule has 0 bridgehead atoms. The van der Waals surface area contributed by atoms with E-state index < -0.39 is 0 Å². The van der Waals surface area contributed by atoms with Crippen LogP contribution in [0.15, 0.2) is 66.0 Å². The van der Waals surface area contributed by atoms with E-state index in [-0.39, 0.29) is 0 Å². The summed E-state index contributed by atoms with van der Waals surface area (Å²) in [5.41, 5.74) is 4.15. The van der Waals surface area contributed by atoms with Gasteiger partial charge in [0.2, 0.25) is 5.95 Å². The van der Waals surface area contributed by atoms with Gasteiger partial charge in [0.1, 0.15) is 5.75 Å². The highest BCUT2D eigenvalue weighted by molar-refractivity contribution is 7.98. The molecule has 1 fully saturated rings. The van der Waals surface area contributed by atoms with Gasteiger partial charge >= 0.3 is 0 Å². The molecule has 0 radical (unpaired) electrons. The third-order valence-corrected chi connectivity index (χ3v) is 6.71. The summed E-state index contributed by atoms with van der Waals surface area (Å²) >= 11 is 1.66. The van der Waals surface area contributed by atoms with Crippen LogP contribution in [0, 0.1) is 0 Å². The van der Waals surface area contributed by atoms with Crippen LogP contribution in [-0.2, 0) is 17.5 Å². The molecule has 170 valence electrons. The maximum Gasteiger partial charge on any atom is 0.227 e. The average molecular weight is 463 g/mol. The Hall–Kier alpha value is -3.30. The van der Waals surface area contributed by atoms with Crippen LogP contribution >= 0.6 is 11.8 Å². The Morgan fingerprint density at radius 3 is 2.48 bits per heavy atom. The maximum atomic E-state index is 5.46. The molecule has 0 amide bonds. The molecular weight excluding hydrogens is 436 g/mol. The number of morpholine rings is 1. The number of hydrogen-bond acceptors (Lipinski definition) is 7. The quantitative estimate of drug-likeness (QED) is 0.387. The Bertz CT molecular complexity index is 1200. The zero-order chi connectivity index (χ0) is 22.6. The Labute approximate surface area is 197 Å². The molecule has 33 heavy (non-hydrogen) atoms. The fourth-order valence-electron chi connectivity index (χ4n) is 3.83. The monoisotopic (exact) mass is 462 g/mol. The van der Waals surface area contributed by atoms with Crippen LogP contribution in [-0.4, -0.2) is 58.0 Å². The zero-order valence-electron chi connectivity index (χ0n) is 18.7. The van der Waals surface area contributed by atoms with Crippen molar-refractivity contribution < 1.29 is 9.47 Å². The minimum Gasteiger partial charge on any atom is -0.497 e. The van der Waals surface area contributed by atoms with Crippen molar-refractivity contribution in [3.63, 3.8) is 0 Å². The fourth-order valence-corrected chi connectivity index (χ4v) is 4.70. The third kappa shape index (κ3) is 4.60. The van der Waals surface area contributed by atoms with Crippen molar-refractivity contribution in [1.82, 2.24) is 24.5 Å². The van der Waals surface area contributed by atoms with E-state index in [0.717, 1.165) is 71.4 Å². The summed E-state index contributed by atoms with van der Waals surface area (Å²) in [7, 11) is 3.69. The number of methoxy groups -OCH3 is 1. The Balaban J connectivity index is 1.42. The van der Waals surface area contributed by atoms with E-state index in [2.05, 4.69) is 38.0 Å². The first-order valence-corrected chi connectivity index (χ1v) is 11.8. The normalized spacial score (nSPS) is 13.9. The molecular formula is C24H26N6O2S. The molecule has 1 aliphatic heterocycles. The van der Waals surface area contributed by atoms with Gasteiger partial charge in [-0.1, -0.05) is 30.0 Å². The van der Waals surface area contributed by atoms with E-state index in [4.69, 9.17) is 14.6 Å². The van der Waals surface area contributed by atoms with Crippen LogP contribution in [0.5, 0.6) is 5.75 Å². The number of thioether (sulfide) groups is 1. The predicted octanol–water partition coefficient (Wildman–Crippen LogP) is 3.81. The first kappa shape index (κ1) is 21.5. The Morgan fingerprint density at radius 2 is 1.76 bits per heavy atom. The molecule has 2 aromatic heterocycles. The predicted molar refractivity (Wildman–Crippen MR) is 129 cm³/mol. The van der Waals surface area contributed by atoms with Crippen LogP contribution in [0.4, 0.5) is 5.95 Å². The molecule has 5 rings (SSSR count). The molecule has 0 aliphatic carbocycles. The number of ether oxygens (including phenoxy) is 2. The summed E-state index contributed by atoms with van der Waals surface area (Å²) in [6.07, 6.45) is 2.10. The highest BCUT2D eigenvalue weighted by atomic mass is 32.2. The summed E-state index contributed by atoms with van der Waals surface area (Å²) in [5, 5.41) is 14.7. The molecule has 3 heterocycles. The van der Waals surface area contributed by atoms with Crippen LogP contribution in [0.1, 0.15) is 5.56 Å². The molecule has 0 N–H and O–H groups in total. The summed E-state index contributed by atoms with van der Waals surface area (Å²) in [5.74, 6) is 2.44. The minimum atomic E-state index is 0.721. The van der Waals surface area contributed by atoms with E-state index in [1.807, 2.05) is 54.2 Å². The van der Waals surface area contributed by atoms with Crippen molar-refractivity contribution in [3.05, 3.63) is 66.4 Å². The highest BCUT2D eigenvalue weighted by Crippen LogP contribution is 2.31. The second-order valence-corrected chi connectivity index (χ2v) is 8.68. The summed E-state index contributed by atoms with van der Waals surface area (Å²) < 4.78 is 14.8. The molecule has 0 unspecified atom stereocenters. The first-order chi connectivity index (χ1) is 16.2. The van der Waals surface area contributed by atoms with Gasteiger partial charge in [0, 0.05) is 43.2 Å². The van der Waals surface area contributed by atoms with Crippen LogP contribution < -0.4 is 9.64 Å². The van der Waals surface area contributed by atoms with E-state index in [0.29, 0.717) is 0 Å². The fraction of sp³-hybridized carbons (Fsp3) is 0.292. The van der Waals surface area contributed by atoms with Crippen molar-refractivity contribution in [2.24, 2.45) is 7.05 Å². The lowest BCUT2D eigenvalue weighted by Crippen LogP contribution is -2.37. The van der Waals surface area contributed by atoms with Crippen LogP contribution in [0.2, 0.25) is 0 Å². The SMILES string of the molecule is COc1ccc(-c2nn(-c3ccccc3)cc2CSc2nnc(N3CCOCC3)n2C)cc1. The first-order valence-electron chi connectivity index (χ1n) is 10.9. The largest absolute Gasteiger partial charge is 0.497 e. The smallest absolute Gasteiger partial charge is 0.227 e. The van der Waals surface area contributed by atoms with Crippen molar-refractivity contribution in [2.75, 3.05) is 38.3 Å². The second kappa shape index (κ2) is 9.68. The van der Waals surface area contributed by atoms with E-state index in [1.54, 1.807) is 18.9 Å². The molecule has 2 aromatic carbocycles. The lowest BCUT2D eigenvalue weighted by atomic mass is 10.1. The summed E-state index contributed by atoms with van der Waals surface area (Å²) in [6.45, 7) is 3.11. The van der Waals surface area contributed by atoms with Gasteiger partial charge in [-0.15, -0.1) is 10.2 Å². The third-order valence-electron chi connectivity index (χ3n) is 5.64. The van der Waals surface area contributed by atoms with E-state index in [9.17, 15) is 0 Å². The average Bonchev–Trinajstić information content (AvgIpc) is 3.47.